The van der Waals surface area contributed by atoms with E-state index in [4.69, 9.17) is 4.74 Å². The number of amides is 1. The van der Waals surface area contributed by atoms with Crippen LogP contribution in [0.1, 0.15) is 42.2 Å². The second-order valence-electron chi connectivity index (χ2n) is 7.76. The van der Waals surface area contributed by atoms with Gasteiger partial charge in [-0.25, -0.2) is 9.97 Å². The van der Waals surface area contributed by atoms with Crippen molar-refractivity contribution in [1.29, 1.82) is 0 Å². The molecule has 10 heteroatoms. The third-order valence-corrected chi connectivity index (χ3v) is 7.29. The van der Waals surface area contributed by atoms with Gasteiger partial charge in [0, 0.05) is 10.3 Å². The number of carbonyl (C=O) groups is 2. The predicted molar refractivity (Wildman–Crippen MR) is 121 cm³/mol. The van der Waals surface area contributed by atoms with Gasteiger partial charge in [-0.3, -0.25) is 19.0 Å². The zero-order chi connectivity index (χ0) is 22.1. The highest BCUT2D eigenvalue weighted by molar-refractivity contribution is 7.18. The fourth-order valence-electron chi connectivity index (χ4n) is 3.82. The Labute approximate surface area is 187 Å². The number of aromatic nitrogens is 3. The van der Waals surface area contributed by atoms with Crippen LogP contribution >= 0.6 is 22.7 Å². The zero-order valence-corrected chi connectivity index (χ0v) is 19.3. The lowest BCUT2D eigenvalue weighted by Gasteiger charge is -2.17. The first-order valence-electron chi connectivity index (χ1n) is 10.3. The van der Waals surface area contributed by atoms with Crippen molar-refractivity contribution in [3.8, 4) is 0 Å². The molecule has 3 aromatic heterocycles. The zero-order valence-electron chi connectivity index (χ0n) is 17.7. The molecule has 0 saturated heterocycles. The molecule has 3 heterocycles. The summed E-state index contributed by atoms with van der Waals surface area (Å²) in [5.74, 6) is 0.407. The van der Waals surface area contributed by atoms with Gasteiger partial charge in [0.2, 0.25) is 5.91 Å². The summed E-state index contributed by atoms with van der Waals surface area (Å²) in [7, 11) is 0. The minimum Gasteiger partial charge on any atom is -0.466 e. The fourth-order valence-corrected chi connectivity index (χ4v) is 5.96. The van der Waals surface area contributed by atoms with E-state index < -0.39 is 0 Å². The summed E-state index contributed by atoms with van der Waals surface area (Å²) >= 11 is 2.83. The van der Waals surface area contributed by atoms with Crippen molar-refractivity contribution in [2.24, 2.45) is 5.92 Å². The average molecular weight is 461 g/mol. The molecule has 1 amide bonds. The van der Waals surface area contributed by atoms with Crippen molar-refractivity contribution >= 4 is 49.9 Å². The molecule has 0 fully saturated rings. The van der Waals surface area contributed by atoms with Gasteiger partial charge >= 0.3 is 5.97 Å². The second-order valence-corrected chi connectivity index (χ2v) is 9.70. The molecule has 1 aliphatic rings. The summed E-state index contributed by atoms with van der Waals surface area (Å²) in [6.45, 7) is 5.89. The largest absolute Gasteiger partial charge is 0.466 e. The van der Waals surface area contributed by atoms with E-state index in [9.17, 15) is 14.4 Å². The van der Waals surface area contributed by atoms with Crippen molar-refractivity contribution in [3.63, 3.8) is 0 Å². The first kappa shape index (κ1) is 21.6. The molecule has 3 aromatic rings. The van der Waals surface area contributed by atoms with E-state index in [1.165, 1.54) is 20.8 Å². The maximum atomic E-state index is 13.2. The number of aryl methyl sites for hydroxylation is 2. The molecule has 164 valence electrons. The van der Waals surface area contributed by atoms with E-state index in [0.717, 1.165) is 29.7 Å². The van der Waals surface area contributed by atoms with E-state index in [0.29, 0.717) is 34.6 Å². The monoisotopic (exact) mass is 460 g/mol. The van der Waals surface area contributed by atoms with Crippen LogP contribution in [0.5, 0.6) is 0 Å². The number of hydrogen-bond donors (Lipinski definition) is 1. The lowest BCUT2D eigenvalue weighted by Crippen LogP contribution is -2.30. The quantitative estimate of drug-likeness (QED) is 0.567. The van der Waals surface area contributed by atoms with E-state index in [-0.39, 0.29) is 30.4 Å². The number of esters is 1. The maximum Gasteiger partial charge on any atom is 0.311 e. The van der Waals surface area contributed by atoms with Gasteiger partial charge in [-0.15, -0.1) is 22.7 Å². The predicted octanol–water partition coefficient (Wildman–Crippen LogP) is 3.09. The molecule has 31 heavy (non-hydrogen) atoms. The number of carbonyl (C=O) groups excluding carboxylic acids is 2. The third kappa shape index (κ3) is 4.54. The Hall–Kier alpha value is -2.59. The first-order chi connectivity index (χ1) is 14.9. The number of nitrogens with zero attached hydrogens (tertiary/aromatic N) is 3. The molecule has 0 bridgehead atoms. The van der Waals surface area contributed by atoms with Crippen LogP contribution < -0.4 is 10.9 Å². The molecular formula is C21H24N4O4S2. The molecule has 1 unspecified atom stereocenters. The highest BCUT2D eigenvalue weighted by Crippen LogP contribution is 2.35. The van der Waals surface area contributed by atoms with E-state index in [1.807, 2.05) is 0 Å². The van der Waals surface area contributed by atoms with Crippen molar-refractivity contribution in [2.75, 3.05) is 11.9 Å². The number of rotatable bonds is 6. The number of thiazole rings is 1. The van der Waals surface area contributed by atoms with Crippen molar-refractivity contribution < 1.29 is 14.3 Å². The summed E-state index contributed by atoms with van der Waals surface area (Å²) in [5.41, 5.74) is 1.48. The number of anilines is 1. The smallest absolute Gasteiger partial charge is 0.311 e. The van der Waals surface area contributed by atoms with Crippen LogP contribution in [0.2, 0.25) is 0 Å². The second kappa shape index (κ2) is 8.88. The fraction of sp³-hybridized carbons (Fsp3) is 0.476. The Kier molecular flexibility index (Phi) is 6.19. The standard InChI is InChI=1S/C21H24N4O4S2/c1-4-29-17(27)8-13-10-30-21(23-13)24-16(26)9-25-12(3)22-19-18(20(25)28)14-6-5-11(2)7-15(14)31-19/h10-11H,4-9H2,1-3H3,(H,23,24,26). The first-order valence-corrected chi connectivity index (χ1v) is 12.0. The van der Waals surface area contributed by atoms with Crippen molar-refractivity contribution in [3.05, 3.63) is 37.7 Å². The molecule has 1 N–H and O–H groups in total. The van der Waals surface area contributed by atoms with Crippen LogP contribution in [0.15, 0.2) is 10.2 Å². The van der Waals surface area contributed by atoms with E-state index in [1.54, 1.807) is 30.6 Å². The van der Waals surface area contributed by atoms with Crippen LogP contribution in [-0.2, 0) is 40.1 Å². The molecule has 0 aliphatic heterocycles. The SMILES string of the molecule is CCOC(=O)Cc1csc(NC(=O)Cn2c(C)nc3sc4c(c3c2=O)CCC(C)C4)n1. The van der Waals surface area contributed by atoms with E-state index in [2.05, 4.69) is 22.2 Å². The van der Waals surface area contributed by atoms with Gasteiger partial charge in [0.25, 0.3) is 5.56 Å². The normalized spacial score (nSPS) is 15.6. The third-order valence-electron chi connectivity index (χ3n) is 5.34. The van der Waals surface area contributed by atoms with Gasteiger partial charge < -0.3 is 10.1 Å². The highest BCUT2D eigenvalue weighted by atomic mass is 32.1. The van der Waals surface area contributed by atoms with Gasteiger partial charge in [0.15, 0.2) is 5.13 Å². The minimum absolute atomic E-state index is 0.0568. The van der Waals surface area contributed by atoms with Gasteiger partial charge in [-0.05, 0) is 44.6 Å². The lowest BCUT2D eigenvalue weighted by atomic mass is 9.89. The number of ether oxygens (including phenoxy) is 1. The van der Waals surface area contributed by atoms with Crippen LogP contribution in [0.3, 0.4) is 0 Å². The Morgan fingerprint density at radius 2 is 2.16 bits per heavy atom. The summed E-state index contributed by atoms with van der Waals surface area (Å²) in [5, 5.41) is 5.46. The topological polar surface area (TPSA) is 103 Å². The molecule has 1 aliphatic carbocycles. The highest BCUT2D eigenvalue weighted by Gasteiger charge is 2.24. The molecular weight excluding hydrogens is 436 g/mol. The summed E-state index contributed by atoms with van der Waals surface area (Å²) in [4.78, 5) is 48.3. The molecule has 4 rings (SSSR count). The summed E-state index contributed by atoms with van der Waals surface area (Å²) in [6, 6.07) is 0. The maximum absolute atomic E-state index is 13.2. The Balaban J connectivity index is 1.52. The van der Waals surface area contributed by atoms with Gasteiger partial charge in [0.1, 0.15) is 17.2 Å². The molecule has 0 spiro atoms. The van der Waals surface area contributed by atoms with Gasteiger partial charge in [-0.2, -0.15) is 0 Å². The van der Waals surface area contributed by atoms with E-state index >= 15 is 0 Å². The lowest BCUT2D eigenvalue weighted by molar-refractivity contribution is -0.142. The van der Waals surface area contributed by atoms with Crippen molar-refractivity contribution in [2.45, 2.75) is 53.0 Å². The average Bonchev–Trinajstić information content (AvgIpc) is 3.28. The minimum atomic E-state index is -0.360. The van der Waals surface area contributed by atoms with Gasteiger partial charge in [0.05, 0.1) is 24.1 Å². The Bertz CT molecular complexity index is 1210. The van der Waals surface area contributed by atoms with Crippen LogP contribution in [0, 0.1) is 12.8 Å². The van der Waals surface area contributed by atoms with Crippen molar-refractivity contribution in [1.82, 2.24) is 14.5 Å². The molecule has 1 atom stereocenters. The molecule has 0 saturated carbocycles. The van der Waals surface area contributed by atoms with Crippen LogP contribution in [-0.4, -0.2) is 33.0 Å². The number of nitrogens with one attached hydrogen (secondary N) is 1. The van der Waals surface area contributed by atoms with Crippen LogP contribution in [0.4, 0.5) is 5.13 Å². The Morgan fingerprint density at radius 1 is 1.35 bits per heavy atom. The Morgan fingerprint density at radius 3 is 2.94 bits per heavy atom. The number of hydrogen-bond acceptors (Lipinski definition) is 8. The van der Waals surface area contributed by atoms with Crippen LogP contribution in [0.25, 0.3) is 10.2 Å². The number of fused-ring (bicyclic) bond motifs is 3. The molecule has 0 aromatic carbocycles. The van der Waals surface area contributed by atoms with Gasteiger partial charge in [-0.1, -0.05) is 6.92 Å². The summed E-state index contributed by atoms with van der Waals surface area (Å²) < 4.78 is 6.34. The molecule has 8 nitrogen and oxygen atoms in total. The molecule has 0 radical (unpaired) electrons. The summed E-state index contributed by atoms with van der Waals surface area (Å²) in [6.07, 6.45) is 2.98. The number of thiophene rings is 1.